The Morgan fingerprint density at radius 2 is 2.05 bits per heavy atom. The Balaban J connectivity index is 1.94. The van der Waals surface area contributed by atoms with Crippen LogP contribution in [0.15, 0.2) is 24.3 Å². The van der Waals surface area contributed by atoms with E-state index in [1.165, 1.54) is 25.7 Å². The van der Waals surface area contributed by atoms with Crippen LogP contribution < -0.4 is 10.1 Å². The van der Waals surface area contributed by atoms with Crippen LogP contribution in [0.2, 0.25) is 0 Å². The molecule has 0 radical (unpaired) electrons. The molecule has 2 rings (SSSR count). The molecular weight excluding hydrogens is 282 g/mol. The van der Waals surface area contributed by atoms with Gasteiger partial charge in [0, 0.05) is 12.1 Å². The first-order valence-electron chi connectivity index (χ1n) is 7.77. The van der Waals surface area contributed by atoms with Crippen molar-refractivity contribution in [3.8, 4) is 5.75 Å². The van der Waals surface area contributed by atoms with Crippen LogP contribution in [0.3, 0.4) is 0 Å². The monoisotopic (exact) mass is 305 g/mol. The minimum absolute atomic E-state index is 0.138. The van der Waals surface area contributed by atoms with E-state index in [1.807, 2.05) is 0 Å². The van der Waals surface area contributed by atoms with Crippen LogP contribution in [-0.4, -0.2) is 30.1 Å². The van der Waals surface area contributed by atoms with Gasteiger partial charge in [0.1, 0.15) is 5.75 Å². The number of ether oxygens (including phenoxy) is 1. The van der Waals surface area contributed by atoms with E-state index in [0.717, 1.165) is 6.42 Å². The van der Waals surface area contributed by atoms with Gasteiger partial charge in [0.15, 0.2) is 6.61 Å². The van der Waals surface area contributed by atoms with Crippen LogP contribution in [0.25, 0.3) is 0 Å². The number of carboxylic acid groups (broad SMARTS) is 1. The minimum atomic E-state index is -1.04. The molecule has 0 spiro atoms. The molecule has 1 aromatic rings. The molecule has 1 aromatic carbocycles. The number of rotatable bonds is 7. The van der Waals surface area contributed by atoms with Crippen molar-refractivity contribution in [2.45, 2.75) is 39.0 Å². The topological polar surface area (TPSA) is 75.6 Å². The molecule has 22 heavy (non-hydrogen) atoms. The summed E-state index contributed by atoms with van der Waals surface area (Å²) in [5.41, 5.74) is 0.736. The molecule has 1 aliphatic rings. The van der Waals surface area contributed by atoms with Crippen molar-refractivity contribution in [1.29, 1.82) is 0 Å². The number of hydrogen-bond donors (Lipinski definition) is 2. The fourth-order valence-corrected chi connectivity index (χ4v) is 3.02. The van der Waals surface area contributed by atoms with E-state index in [2.05, 4.69) is 12.2 Å². The third-order valence-electron chi connectivity index (χ3n) is 4.50. The Kier molecular flexibility index (Phi) is 5.41. The summed E-state index contributed by atoms with van der Waals surface area (Å²) in [6.07, 6.45) is 5.90. The predicted octanol–water partition coefficient (Wildman–Crippen LogP) is 2.85. The van der Waals surface area contributed by atoms with Crippen LogP contribution in [0.1, 0.15) is 49.4 Å². The maximum absolute atomic E-state index is 12.3. The number of nitrogens with one attached hydrogen (secondary N) is 1. The fraction of sp³-hybridized carbons (Fsp3) is 0.529. The Bertz CT molecular complexity index is 535. The molecule has 0 aromatic heterocycles. The molecule has 0 saturated heterocycles. The molecule has 5 heteroatoms. The number of carbonyl (C=O) groups is 2. The zero-order chi connectivity index (χ0) is 16.0. The zero-order valence-corrected chi connectivity index (χ0v) is 12.9. The van der Waals surface area contributed by atoms with Crippen molar-refractivity contribution >= 4 is 11.9 Å². The highest BCUT2D eigenvalue weighted by Crippen LogP contribution is 2.40. The van der Waals surface area contributed by atoms with Gasteiger partial charge < -0.3 is 15.2 Å². The number of carboxylic acids is 1. The lowest BCUT2D eigenvalue weighted by Gasteiger charge is -2.27. The zero-order valence-electron chi connectivity index (χ0n) is 12.9. The summed E-state index contributed by atoms with van der Waals surface area (Å²) in [6.45, 7) is 2.46. The maximum Gasteiger partial charge on any atom is 0.341 e. The molecule has 1 aliphatic carbocycles. The second-order valence-corrected chi connectivity index (χ2v) is 5.95. The molecule has 120 valence electrons. The van der Waals surface area contributed by atoms with Crippen molar-refractivity contribution in [2.75, 3.05) is 13.2 Å². The molecule has 1 amide bonds. The molecule has 0 heterocycles. The summed E-state index contributed by atoms with van der Waals surface area (Å²) in [6, 6.07) is 6.61. The van der Waals surface area contributed by atoms with E-state index in [4.69, 9.17) is 9.84 Å². The number of carbonyl (C=O) groups excluding carboxylic acids is 1. The molecule has 5 nitrogen and oxygen atoms in total. The second kappa shape index (κ2) is 7.29. The Labute approximate surface area is 130 Å². The minimum Gasteiger partial charge on any atom is -0.482 e. The smallest absolute Gasteiger partial charge is 0.341 e. The van der Waals surface area contributed by atoms with Crippen LogP contribution in [0, 0.1) is 5.41 Å². The van der Waals surface area contributed by atoms with Gasteiger partial charge in [0.05, 0.1) is 0 Å². The molecule has 2 N–H and O–H groups in total. The summed E-state index contributed by atoms with van der Waals surface area (Å²) in [5.74, 6) is -0.789. The van der Waals surface area contributed by atoms with Crippen LogP contribution in [0.4, 0.5) is 0 Å². The van der Waals surface area contributed by atoms with Gasteiger partial charge in [-0.25, -0.2) is 4.79 Å². The lowest BCUT2D eigenvalue weighted by Crippen LogP contribution is -2.35. The average molecular weight is 305 g/mol. The lowest BCUT2D eigenvalue weighted by atomic mass is 9.83. The van der Waals surface area contributed by atoms with Crippen molar-refractivity contribution in [1.82, 2.24) is 5.32 Å². The third kappa shape index (κ3) is 4.23. The first-order valence-corrected chi connectivity index (χ1v) is 7.77. The number of benzene rings is 1. The molecule has 0 bridgehead atoms. The van der Waals surface area contributed by atoms with Gasteiger partial charge in [0.25, 0.3) is 5.91 Å². The molecule has 0 unspecified atom stereocenters. The standard InChI is InChI=1S/C17H23NO4/c1-2-17(8-3-4-9-17)12-18-16(21)13-6-5-7-14(10-13)22-11-15(19)20/h5-7,10H,2-4,8-9,11-12H2,1H3,(H,18,21)(H,19,20). The highest BCUT2D eigenvalue weighted by atomic mass is 16.5. The Morgan fingerprint density at radius 1 is 1.32 bits per heavy atom. The molecule has 0 aliphatic heterocycles. The predicted molar refractivity (Wildman–Crippen MR) is 83.1 cm³/mol. The van der Waals surface area contributed by atoms with E-state index in [9.17, 15) is 9.59 Å². The SMILES string of the molecule is CCC1(CNC(=O)c2cccc(OCC(=O)O)c2)CCCC1. The van der Waals surface area contributed by atoms with Crippen molar-refractivity contribution < 1.29 is 19.4 Å². The van der Waals surface area contributed by atoms with Gasteiger partial charge in [-0.2, -0.15) is 0 Å². The van der Waals surface area contributed by atoms with Gasteiger partial charge in [-0.15, -0.1) is 0 Å². The van der Waals surface area contributed by atoms with Gasteiger partial charge in [-0.1, -0.05) is 25.8 Å². The van der Waals surface area contributed by atoms with E-state index < -0.39 is 12.6 Å². The quantitative estimate of drug-likeness (QED) is 0.812. The van der Waals surface area contributed by atoms with Crippen LogP contribution >= 0.6 is 0 Å². The summed E-state index contributed by atoms with van der Waals surface area (Å²) in [7, 11) is 0. The summed E-state index contributed by atoms with van der Waals surface area (Å²) < 4.78 is 5.10. The summed E-state index contributed by atoms with van der Waals surface area (Å²) >= 11 is 0. The normalized spacial score (nSPS) is 16.2. The lowest BCUT2D eigenvalue weighted by molar-refractivity contribution is -0.139. The van der Waals surface area contributed by atoms with Gasteiger partial charge in [-0.05, 0) is 42.9 Å². The highest BCUT2D eigenvalue weighted by Gasteiger charge is 2.32. The highest BCUT2D eigenvalue weighted by molar-refractivity contribution is 5.94. The van der Waals surface area contributed by atoms with Gasteiger partial charge in [-0.3, -0.25) is 4.79 Å². The van der Waals surface area contributed by atoms with Crippen LogP contribution in [-0.2, 0) is 4.79 Å². The number of hydrogen-bond acceptors (Lipinski definition) is 3. The Morgan fingerprint density at radius 3 is 2.68 bits per heavy atom. The Hall–Kier alpha value is -2.04. The molecule has 1 fully saturated rings. The van der Waals surface area contributed by atoms with Gasteiger partial charge >= 0.3 is 5.97 Å². The van der Waals surface area contributed by atoms with Crippen molar-refractivity contribution in [3.63, 3.8) is 0 Å². The van der Waals surface area contributed by atoms with E-state index in [0.29, 0.717) is 17.9 Å². The average Bonchev–Trinajstić information content (AvgIpc) is 3.00. The van der Waals surface area contributed by atoms with E-state index >= 15 is 0 Å². The van der Waals surface area contributed by atoms with Crippen molar-refractivity contribution in [2.24, 2.45) is 5.41 Å². The van der Waals surface area contributed by atoms with Crippen LogP contribution in [0.5, 0.6) is 5.75 Å². The molecular formula is C17H23NO4. The van der Waals surface area contributed by atoms with Crippen molar-refractivity contribution in [3.05, 3.63) is 29.8 Å². The second-order valence-electron chi connectivity index (χ2n) is 5.95. The molecule has 0 atom stereocenters. The third-order valence-corrected chi connectivity index (χ3v) is 4.50. The maximum atomic E-state index is 12.3. The fourth-order valence-electron chi connectivity index (χ4n) is 3.02. The first kappa shape index (κ1) is 16.3. The van der Waals surface area contributed by atoms with E-state index in [-0.39, 0.29) is 11.3 Å². The summed E-state index contributed by atoms with van der Waals surface area (Å²) in [4.78, 5) is 22.8. The molecule has 1 saturated carbocycles. The van der Waals surface area contributed by atoms with E-state index in [1.54, 1.807) is 24.3 Å². The number of amides is 1. The first-order chi connectivity index (χ1) is 10.5. The summed E-state index contributed by atoms with van der Waals surface area (Å²) in [5, 5.41) is 11.6. The largest absolute Gasteiger partial charge is 0.482 e. The number of aliphatic carboxylic acids is 1. The van der Waals surface area contributed by atoms with Gasteiger partial charge in [0.2, 0.25) is 0 Å².